The van der Waals surface area contributed by atoms with Crippen LogP contribution < -0.4 is 27.4 Å². The van der Waals surface area contributed by atoms with Crippen LogP contribution in [-0.2, 0) is 36.8 Å². The lowest BCUT2D eigenvalue weighted by atomic mass is 10.1. The van der Waals surface area contributed by atoms with Crippen molar-refractivity contribution in [3.63, 3.8) is 0 Å². The van der Waals surface area contributed by atoms with Crippen molar-refractivity contribution in [3.05, 3.63) is 36.4 Å². The predicted octanol–water partition coefficient (Wildman–Crippen LogP) is -3.32. The zero-order valence-electron chi connectivity index (χ0n) is 18.3. The molecule has 4 amide bonds. The molecule has 0 aliphatic rings. The number of nitrogens with zero attached hydrogens (tertiary/aromatic N) is 2. The number of aromatic nitrogens is 4. The van der Waals surface area contributed by atoms with Crippen molar-refractivity contribution in [2.75, 3.05) is 0 Å². The second kappa shape index (κ2) is 12.1. The molecule has 0 saturated carbocycles. The van der Waals surface area contributed by atoms with E-state index in [1.807, 2.05) is 0 Å². The summed E-state index contributed by atoms with van der Waals surface area (Å²) in [5.41, 5.74) is 12.1. The molecule has 0 bridgehead atoms. The Morgan fingerprint density at radius 2 is 1.47 bits per heavy atom. The van der Waals surface area contributed by atoms with E-state index in [9.17, 15) is 29.1 Å². The van der Waals surface area contributed by atoms with Crippen molar-refractivity contribution in [2.24, 2.45) is 11.5 Å². The highest BCUT2D eigenvalue weighted by atomic mass is 16.4. The van der Waals surface area contributed by atoms with Crippen LogP contribution in [0.15, 0.2) is 25.0 Å². The van der Waals surface area contributed by atoms with E-state index in [0.717, 1.165) is 0 Å². The van der Waals surface area contributed by atoms with E-state index in [4.69, 9.17) is 11.5 Å². The first-order chi connectivity index (χ1) is 16.1. The van der Waals surface area contributed by atoms with Crippen molar-refractivity contribution in [2.45, 2.75) is 50.4 Å². The van der Waals surface area contributed by atoms with Crippen LogP contribution in [-0.4, -0.2) is 78.8 Å². The average Bonchev–Trinajstić information content (AvgIpc) is 3.46. The number of imidazole rings is 2. The second-order valence-corrected chi connectivity index (χ2v) is 7.53. The predicted molar refractivity (Wildman–Crippen MR) is 115 cm³/mol. The largest absolute Gasteiger partial charge is 0.480 e. The van der Waals surface area contributed by atoms with E-state index in [0.29, 0.717) is 11.4 Å². The molecule has 0 fully saturated rings. The van der Waals surface area contributed by atoms with E-state index in [2.05, 4.69) is 35.9 Å². The van der Waals surface area contributed by atoms with E-state index >= 15 is 0 Å². The van der Waals surface area contributed by atoms with Crippen LogP contribution in [0, 0.1) is 0 Å². The van der Waals surface area contributed by atoms with E-state index in [-0.39, 0.29) is 12.8 Å². The topological polar surface area (TPSA) is 251 Å². The molecule has 2 rings (SSSR count). The Morgan fingerprint density at radius 3 is 1.97 bits per heavy atom. The fourth-order valence-corrected chi connectivity index (χ4v) is 2.91. The third kappa shape index (κ3) is 8.01. The summed E-state index contributed by atoms with van der Waals surface area (Å²) in [5, 5.41) is 16.4. The van der Waals surface area contributed by atoms with Crippen LogP contribution in [0.25, 0.3) is 0 Å². The van der Waals surface area contributed by atoms with Gasteiger partial charge in [-0.25, -0.2) is 14.8 Å². The van der Waals surface area contributed by atoms with Gasteiger partial charge < -0.3 is 42.5 Å². The van der Waals surface area contributed by atoms with Crippen molar-refractivity contribution < 1.29 is 29.1 Å². The summed E-state index contributed by atoms with van der Waals surface area (Å²) < 4.78 is 0. The summed E-state index contributed by atoms with van der Waals surface area (Å²) in [6.45, 7) is 1.35. The fraction of sp³-hybridized carbons (Fsp3) is 0.421. The Morgan fingerprint density at radius 1 is 0.912 bits per heavy atom. The first-order valence-corrected chi connectivity index (χ1v) is 10.2. The third-order valence-corrected chi connectivity index (χ3v) is 4.72. The van der Waals surface area contributed by atoms with E-state index < -0.39 is 60.2 Å². The number of primary amides is 1. The molecule has 0 radical (unpaired) electrons. The van der Waals surface area contributed by atoms with Gasteiger partial charge in [0.05, 0.1) is 25.1 Å². The molecule has 0 spiro atoms. The minimum absolute atomic E-state index is 0.112. The number of hydrogen-bond donors (Lipinski definition) is 8. The van der Waals surface area contributed by atoms with Crippen LogP contribution in [0.4, 0.5) is 0 Å². The molecule has 2 aromatic rings. The second-order valence-electron chi connectivity index (χ2n) is 7.53. The highest BCUT2D eigenvalue weighted by Gasteiger charge is 2.30. The molecule has 4 unspecified atom stereocenters. The number of carbonyl (C=O) groups is 5. The summed E-state index contributed by atoms with van der Waals surface area (Å²) >= 11 is 0. The number of carboxylic acid groups (broad SMARTS) is 1. The van der Waals surface area contributed by atoms with Gasteiger partial charge in [-0.3, -0.25) is 19.2 Å². The Kier molecular flexibility index (Phi) is 9.25. The first-order valence-electron chi connectivity index (χ1n) is 10.2. The third-order valence-electron chi connectivity index (χ3n) is 4.72. The average molecular weight is 477 g/mol. The van der Waals surface area contributed by atoms with Crippen LogP contribution in [0.5, 0.6) is 0 Å². The monoisotopic (exact) mass is 477 g/mol. The highest BCUT2D eigenvalue weighted by Crippen LogP contribution is 2.02. The molecule has 0 aromatic carbocycles. The van der Waals surface area contributed by atoms with Gasteiger partial charge in [0.2, 0.25) is 23.6 Å². The summed E-state index contributed by atoms with van der Waals surface area (Å²) in [6, 6.07) is -4.92. The zero-order valence-corrected chi connectivity index (χ0v) is 18.3. The quantitative estimate of drug-likeness (QED) is 0.143. The number of hydrogen-bond acceptors (Lipinski definition) is 8. The minimum atomic E-state index is -1.47. The molecule has 10 N–H and O–H groups in total. The van der Waals surface area contributed by atoms with Gasteiger partial charge in [-0.15, -0.1) is 0 Å². The number of carbonyl (C=O) groups excluding carboxylic acids is 4. The van der Waals surface area contributed by atoms with E-state index in [1.165, 1.54) is 32.0 Å². The van der Waals surface area contributed by atoms with Gasteiger partial charge in [0.25, 0.3) is 0 Å². The van der Waals surface area contributed by atoms with Gasteiger partial charge in [0, 0.05) is 36.6 Å². The number of rotatable bonds is 13. The maximum atomic E-state index is 12.6. The van der Waals surface area contributed by atoms with Crippen molar-refractivity contribution in [1.29, 1.82) is 0 Å². The lowest BCUT2D eigenvalue weighted by Crippen LogP contribution is -2.57. The van der Waals surface area contributed by atoms with Crippen molar-refractivity contribution >= 4 is 29.6 Å². The molecular weight excluding hydrogens is 450 g/mol. The minimum Gasteiger partial charge on any atom is -0.480 e. The molecule has 0 aliphatic heterocycles. The summed E-state index contributed by atoms with van der Waals surface area (Å²) in [7, 11) is 0. The number of H-pyrrole nitrogens is 2. The summed E-state index contributed by atoms with van der Waals surface area (Å²) in [5.74, 6) is -4.60. The number of amides is 4. The maximum absolute atomic E-state index is 12.6. The molecular formula is C19H27N9O6. The smallest absolute Gasteiger partial charge is 0.326 e. The molecule has 34 heavy (non-hydrogen) atoms. The molecule has 0 aliphatic carbocycles. The number of carboxylic acids is 1. The highest BCUT2D eigenvalue weighted by molar-refractivity contribution is 5.96. The van der Waals surface area contributed by atoms with Gasteiger partial charge in [0.1, 0.15) is 18.1 Å². The Hall–Kier alpha value is -4.27. The number of nitrogens with one attached hydrogen (secondary N) is 5. The summed E-state index contributed by atoms with van der Waals surface area (Å²) in [6.07, 6.45) is 5.14. The number of nitrogens with two attached hydrogens (primary N) is 2. The van der Waals surface area contributed by atoms with Gasteiger partial charge in [-0.05, 0) is 6.92 Å². The van der Waals surface area contributed by atoms with Gasteiger partial charge in [0.15, 0.2) is 0 Å². The van der Waals surface area contributed by atoms with Crippen LogP contribution in [0.3, 0.4) is 0 Å². The fourth-order valence-electron chi connectivity index (χ4n) is 2.91. The lowest BCUT2D eigenvalue weighted by molar-refractivity contribution is -0.142. The Bertz CT molecular complexity index is 992. The molecule has 15 nitrogen and oxygen atoms in total. The Balaban J connectivity index is 1.97. The lowest BCUT2D eigenvalue weighted by Gasteiger charge is -2.23. The van der Waals surface area contributed by atoms with Gasteiger partial charge in [-0.2, -0.15) is 0 Å². The summed E-state index contributed by atoms with van der Waals surface area (Å²) in [4.78, 5) is 73.6. The molecule has 0 saturated heterocycles. The normalized spacial score (nSPS) is 14.3. The molecule has 184 valence electrons. The van der Waals surface area contributed by atoms with Gasteiger partial charge >= 0.3 is 5.97 Å². The SMILES string of the molecule is CC(NC(=O)C(N)Cc1cnc[nH]1)C(=O)NC(CC(N)=O)C(=O)NC(Cc1cnc[nH]1)C(=O)O. The van der Waals surface area contributed by atoms with Crippen molar-refractivity contribution in [1.82, 2.24) is 35.9 Å². The number of aromatic amines is 2. The standard InChI is InChI=1S/C19H27N9O6/c1-9(26-17(31)12(20)2-10-5-22-7-24-10)16(30)27-13(4-15(21)29)18(32)28-14(19(33)34)3-11-6-23-8-25-11/h5-9,12-14H,2-4,20H2,1H3,(H2,21,29)(H,22,24)(H,23,25)(H,26,31)(H,27,30)(H,28,32)(H,33,34). The molecule has 2 heterocycles. The van der Waals surface area contributed by atoms with Gasteiger partial charge in [-0.1, -0.05) is 0 Å². The number of aliphatic carboxylic acids is 1. The maximum Gasteiger partial charge on any atom is 0.326 e. The molecule has 2 aromatic heterocycles. The van der Waals surface area contributed by atoms with Crippen LogP contribution in [0.1, 0.15) is 24.7 Å². The van der Waals surface area contributed by atoms with Crippen LogP contribution in [0.2, 0.25) is 0 Å². The first kappa shape index (κ1) is 26.0. The molecule has 15 heteroatoms. The van der Waals surface area contributed by atoms with E-state index in [1.54, 1.807) is 0 Å². The van der Waals surface area contributed by atoms with Crippen LogP contribution >= 0.6 is 0 Å². The zero-order chi connectivity index (χ0) is 25.3. The Labute approximate surface area is 193 Å². The van der Waals surface area contributed by atoms with Crippen molar-refractivity contribution in [3.8, 4) is 0 Å². The molecule has 4 atom stereocenters.